The van der Waals surface area contributed by atoms with Crippen molar-refractivity contribution in [2.45, 2.75) is 5.16 Å². The Morgan fingerprint density at radius 2 is 1.79 bits per heavy atom. The molecule has 1 aromatic heterocycles. The highest BCUT2D eigenvalue weighted by Crippen LogP contribution is 2.28. The summed E-state index contributed by atoms with van der Waals surface area (Å²) < 4.78 is 8.17. The van der Waals surface area contributed by atoms with Gasteiger partial charge in [0, 0.05) is 15.7 Å². The van der Waals surface area contributed by atoms with Gasteiger partial charge in [-0.05, 0) is 54.1 Å². The molecule has 3 aromatic carbocycles. The Balaban J connectivity index is 1.49. The highest BCUT2D eigenvalue weighted by Gasteiger charge is 2.17. The molecule has 0 aliphatic heterocycles. The van der Waals surface area contributed by atoms with Crippen molar-refractivity contribution in [1.82, 2.24) is 20.2 Å². The third kappa shape index (κ3) is 5.88. The number of halogens is 1. The molecule has 9 heteroatoms. The largest absolute Gasteiger partial charge is 0.497 e. The minimum absolute atomic E-state index is 0.144. The van der Waals surface area contributed by atoms with Crippen LogP contribution in [0.15, 0.2) is 93.6 Å². The third-order valence-corrected chi connectivity index (χ3v) is 6.06. The van der Waals surface area contributed by atoms with Crippen molar-refractivity contribution < 1.29 is 9.53 Å². The van der Waals surface area contributed by atoms with E-state index < -0.39 is 0 Å². The SMILES string of the molecule is COc1ccc(-c2nnc(SCC(=O)NN=Cc3ccc(Br)cc3)n2-c2ccccc2)cc1. The molecule has 0 fully saturated rings. The van der Waals surface area contributed by atoms with Gasteiger partial charge in [-0.25, -0.2) is 5.43 Å². The molecule has 0 spiro atoms. The molecular weight excluding hydrogens is 502 g/mol. The van der Waals surface area contributed by atoms with E-state index in [0.717, 1.165) is 27.0 Å². The van der Waals surface area contributed by atoms with Crippen molar-refractivity contribution in [2.24, 2.45) is 5.10 Å². The van der Waals surface area contributed by atoms with E-state index >= 15 is 0 Å². The summed E-state index contributed by atoms with van der Waals surface area (Å²) in [7, 11) is 1.63. The summed E-state index contributed by atoms with van der Waals surface area (Å²) in [6, 6.07) is 25.0. The van der Waals surface area contributed by atoms with Crippen molar-refractivity contribution in [3.05, 3.63) is 88.9 Å². The van der Waals surface area contributed by atoms with E-state index in [2.05, 4.69) is 36.7 Å². The number of hydrogen-bond donors (Lipinski definition) is 1. The number of carbonyl (C=O) groups is 1. The van der Waals surface area contributed by atoms with Crippen LogP contribution in [-0.4, -0.2) is 39.7 Å². The van der Waals surface area contributed by atoms with Crippen LogP contribution in [0, 0.1) is 0 Å². The normalized spacial score (nSPS) is 11.0. The van der Waals surface area contributed by atoms with E-state index in [1.54, 1.807) is 13.3 Å². The molecule has 0 bridgehead atoms. The molecule has 33 heavy (non-hydrogen) atoms. The van der Waals surface area contributed by atoms with Gasteiger partial charge in [0.2, 0.25) is 0 Å². The predicted octanol–water partition coefficient (Wildman–Crippen LogP) is 4.95. The van der Waals surface area contributed by atoms with Crippen LogP contribution >= 0.6 is 27.7 Å². The number of hydrogen-bond acceptors (Lipinski definition) is 6. The number of aromatic nitrogens is 3. The lowest BCUT2D eigenvalue weighted by Gasteiger charge is -2.10. The first-order chi connectivity index (χ1) is 16.1. The van der Waals surface area contributed by atoms with Crippen LogP contribution in [0.2, 0.25) is 0 Å². The second-order valence-corrected chi connectivity index (χ2v) is 8.70. The summed E-state index contributed by atoms with van der Waals surface area (Å²) >= 11 is 4.68. The van der Waals surface area contributed by atoms with Crippen LogP contribution in [0.1, 0.15) is 5.56 Å². The Labute approximate surface area is 204 Å². The summed E-state index contributed by atoms with van der Waals surface area (Å²) in [5, 5.41) is 13.4. The van der Waals surface area contributed by atoms with Crippen molar-refractivity contribution in [1.29, 1.82) is 0 Å². The van der Waals surface area contributed by atoms with E-state index in [0.29, 0.717) is 11.0 Å². The second kappa shape index (κ2) is 10.9. The lowest BCUT2D eigenvalue weighted by Crippen LogP contribution is -2.20. The third-order valence-electron chi connectivity index (χ3n) is 4.60. The van der Waals surface area contributed by atoms with Crippen LogP contribution < -0.4 is 10.2 Å². The Hall–Kier alpha value is -3.43. The van der Waals surface area contributed by atoms with E-state index in [1.807, 2.05) is 83.4 Å². The van der Waals surface area contributed by atoms with Gasteiger partial charge in [0.05, 0.1) is 19.1 Å². The van der Waals surface area contributed by atoms with Crippen molar-refractivity contribution in [3.63, 3.8) is 0 Å². The number of rotatable bonds is 8. The molecule has 4 aromatic rings. The molecule has 0 atom stereocenters. The Morgan fingerprint density at radius 3 is 2.48 bits per heavy atom. The second-order valence-electron chi connectivity index (χ2n) is 6.84. The fourth-order valence-electron chi connectivity index (χ4n) is 2.99. The number of nitrogens with one attached hydrogen (secondary N) is 1. The van der Waals surface area contributed by atoms with Crippen LogP contribution in [0.3, 0.4) is 0 Å². The Bertz CT molecular complexity index is 1240. The molecule has 0 saturated heterocycles. The van der Waals surface area contributed by atoms with E-state index in [4.69, 9.17) is 4.74 Å². The topological polar surface area (TPSA) is 81.4 Å². The maximum atomic E-state index is 12.3. The number of hydrazone groups is 1. The Morgan fingerprint density at radius 1 is 1.06 bits per heavy atom. The predicted molar refractivity (Wildman–Crippen MR) is 134 cm³/mol. The molecule has 1 heterocycles. The molecule has 0 aliphatic rings. The lowest BCUT2D eigenvalue weighted by molar-refractivity contribution is -0.118. The van der Waals surface area contributed by atoms with E-state index in [9.17, 15) is 4.79 Å². The van der Waals surface area contributed by atoms with Crippen molar-refractivity contribution in [3.8, 4) is 22.8 Å². The molecule has 0 unspecified atom stereocenters. The summed E-state index contributed by atoms with van der Waals surface area (Å²) in [4.78, 5) is 12.3. The number of benzene rings is 3. The van der Waals surface area contributed by atoms with E-state index in [1.165, 1.54) is 11.8 Å². The molecule has 0 aliphatic carbocycles. The molecule has 1 N–H and O–H groups in total. The zero-order valence-corrected chi connectivity index (χ0v) is 20.1. The standard InChI is InChI=1S/C24H20BrN5O2S/c1-32-21-13-9-18(10-14-21)23-28-29-24(30(23)20-5-3-2-4-6-20)33-16-22(31)27-26-15-17-7-11-19(25)12-8-17/h2-15H,16H2,1H3,(H,27,31). The van der Waals surface area contributed by atoms with Gasteiger partial charge in [-0.2, -0.15) is 5.10 Å². The summed E-state index contributed by atoms with van der Waals surface area (Å²) in [6.07, 6.45) is 1.60. The van der Waals surface area contributed by atoms with Gasteiger partial charge in [0.1, 0.15) is 5.75 Å². The zero-order chi connectivity index (χ0) is 23.0. The summed E-state index contributed by atoms with van der Waals surface area (Å²) in [5.41, 5.74) is 5.24. The number of para-hydroxylation sites is 1. The molecule has 0 radical (unpaired) electrons. The number of thioether (sulfide) groups is 1. The molecule has 4 rings (SSSR count). The first-order valence-corrected chi connectivity index (χ1v) is 11.8. The molecule has 0 saturated carbocycles. The molecule has 166 valence electrons. The molecule has 1 amide bonds. The quantitative estimate of drug-likeness (QED) is 0.201. The highest BCUT2D eigenvalue weighted by atomic mass is 79.9. The highest BCUT2D eigenvalue weighted by molar-refractivity contribution is 9.10. The van der Waals surface area contributed by atoms with E-state index in [-0.39, 0.29) is 11.7 Å². The maximum Gasteiger partial charge on any atom is 0.250 e. The van der Waals surface area contributed by atoms with Gasteiger partial charge in [-0.15, -0.1) is 10.2 Å². The van der Waals surface area contributed by atoms with Gasteiger partial charge in [0.15, 0.2) is 11.0 Å². The first-order valence-electron chi connectivity index (χ1n) is 9.99. The van der Waals surface area contributed by atoms with Crippen molar-refractivity contribution >= 4 is 39.8 Å². The first kappa shape index (κ1) is 22.8. The number of amides is 1. The minimum Gasteiger partial charge on any atom is -0.497 e. The van der Waals surface area contributed by atoms with Gasteiger partial charge in [-0.1, -0.05) is 58.0 Å². The van der Waals surface area contributed by atoms with Crippen LogP contribution in [-0.2, 0) is 4.79 Å². The van der Waals surface area contributed by atoms with Crippen molar-refractivity contribution in [2.75, 3.05) is 12.9 Å². The fourth-order valence-corrected chi connectivity index (χ4v) is 4.00. The number of methoxy groups -OCH3 is 1. The number of carbonyl (C=O) groups excluding carboxylic acids is 1. The minimum atomic E-state index is -0.234. The monoisotopic (exact) mass is 521 g/mol. The zero-order valence-electron chi connectivity index (χ0n) is 17.7. The number of ether oxygens (including phenoxy) is 1. The van der Waals surface area contributed by atoms with Crippen LogP contribution in [0.25, 0.3) is 17.1 Å². The van der Waals surface area contributed by atoms with Gasteiger partial charge in [0.25, 0.3) is 5.91 Å². The lowest BCUT2D eigenvalue weighted by atomic mass is 10.2. The molecular formula is C24H20BrN5O2S. The van der Waals surface area contributed by atoms with Gasteiger partial charge in [-0.3, -0.25) is 9.36 Å². The number of nitrogens with zero attached hydrogens (tertiary/aromatic N) is 4. The average molecular weight is 522 g/mol. The van der Waals surface area contributed by atoms with Gasteiger partial charge < -0.3 is 4.74 Å². The summed E-state index contributed by atoms with van der Waals surface area (Å²) in [6.45, 7) is 0. The molecule has 7 nitrogen and oxygen atoms in total. The van der Waals surface area contributed by atoms with Gasteiger partial charge >= 0.3 is 0 Å². The Kier molecular flexibility index (Phi) is 7.54. The summed E-state index contributed by atoms with van der Waals surface area (Å²) in [5.74, 6) is 1.35. The maximum absolute atomic E-state index is 12.3. The fraction of sp³-hybridized carbons (Fsp3) is 0.0833. The van der Waals surface area contributed by atoms with Crippen LogP contribution in [0.4, 0.5) is 0 Å². The van der Waals surface area contributed by atoms with Crippen LogP contribution in [0.5, 0.6) is 5.75 Å². The average Bonchev–Trinajstić information content (AvgIpc) is 3.28. The smallest absolute Gasteiger partial charge is 0.250 e.